The Morgan fingerprint density at radius 2 is 1.81 bits per heavy atom. The van der Waals surface area contributed by atoms with E-state index in [1.807, 2.05) is 6.92 Å². The minimum Gasteiger partial charge on any atom is -0.383 e. The van der Waals surface area contributed by atoms with Crippen molar-refractivity contribution < 1.29 is 17.9 Å². The highest BCUT2D eigenvalue weighted by Gasteiger charge is 2.18. The van der Waals surface area contributed by atoms with Crippen LogP contribution in [0.5, 0.6) is 0 Å². The molecular weight excluding hydrogens is 376 g/mol. The Labute approximate surface area is 158 Å². The number of anilines is 1. The molecule has 0 aliphatic rings. The van der Waals surface area contributed by atoms with E-state index >= 15 is 0 Å². The number of benzene rings is 2. The fraction of sp³-hybridized carbons (Fsp3) is 0.278. The zero-order valence-corrected chi connectivity index (χ0v) is 16.4. The van der Waals surface area contributed by atoms with Gasteiger partial charge in [0, 0.05) is 29.9 Å². The summed E-state index contributed by atoms with van der Waals surface area (Å²) in [5, 5.41) is 3.28. The Hall–Kier alpha value is -1.93. The lowest BCUT2D eigenvalue weighted by molar-refractivity contribution is 0.102. The van der Waals surface area contributed by atoms with Crippen molar-refractivity contribution in [3.63, 3.8) is 0 Å². The van der Waals surface area contributed by atoms with Crippen LogP contribution < -0.4 is 10.0 Å². The van der Waals surface area contributed by atoms with Gasteiger partial charge in [0.05, 0.1) is 11.5 Å². The molecule has 0 aliphatic heterocycles. The molecule has 0 radical (unpaired) electrons. The Bertz CT molecular complexity index is 913. The van der Waals surface area contributed by atoms with Gasteiger partial charge in [0.15, 0.2) is 0 Å². The van der Waals surface area contributed by atoms with E-state index in [1.165, 1.54) is 19.2 Å². The molecule has 0 atom stereocenters. The summed E-state index contributed by atoms with van der Waals surface area (Å²) < 4.78 is 31.9. The van der Waals surface area contributed by atoms with E-state index in [1.54, 1.807) is 31.2 Å². The molecule has 0 bridgehead atoms. The molecule has 2 aromatic carbocycles. The standard InChI is InChI=1S/C18H21ClN2O4S/c1-12-5-7-15(26(23,24)20-8-9-25-3)11-16(12)18(22)21-14-6-4-13(2)17(19)10-14/h4-7,10-11,20H,8-9H2,1-3H3,(H,21,22). The van der Waals surface area contributed by atoms with E-state index < -0.39 is 15.9 Å². The van der Waals surface area contributed by atoms with Gasteiger partial charge in [-0.3, -0.25) is 4.79 Å². The van der Waals surface area contributed by atoms with Crippen LogP contribution in [-0.4, -0.2) is 34.6 Å². The minimum absolute atomic E-state index is 0.0197. The van der Waals surface area contributed by atoms with Crippen LogP contribution in [0.15, 0.2) is 41.3 Å². The number of hydrogen-bond donors (Lipinski definition) is 2. The fourth-order valence-electron chi connectivity index (χ4n) is 2.24. The van der Waals surface area contributed by atoms with Crippen molar-refractivity contribution >= 4 is 33.2 Å². The van der Waals surface area contributed by atoms with Crippen LogP contribution in [0.4, 0.5) is 5.69 Å². The summed E-state index contributed by atoms with van der Waals surface area (Å²) >= 11 is 6.07. The van der Waals surface area contributed by atoms with Crippen LogP contribution >= 0.6 is 11.6 Å². The minimum atomic E-state index is -3.72. The van der Waals surface area contributed by atoms with E-state index in [0.29, 0.717) is 16.3 Å². The number of amides is 1. The summed E-state index contributed by atoms with van der Waals surface area (Å²) in [6.45, 7) is 4.01. The van der Waals surface area contributed by atoms with Gasteiger partial charge in [-0.1, -0.05) is 23.7 Å². The van der Waals surface area contributed by atoms with Gasteiger partial charge in [-0.2, -0.15) is 0 Å². The number of methoxy groups -OCH3 is 1. The second-order valence-corrected chi connectivity index (χ2v) is 7.96. The lowest BCUT2D eigenvalue weighted by Gasteiger charge is -2.11. The van der Waals surface area contributed by atoms with Gasteiger partial charge in [-0.15, -0.1) is 0 Å². The average Bonchev–Trinajstić information content (AvgIpc) is 2.58. The molecule has 6 nitrogen and oxygen atoms in total. The third-order valence-electron chi connectivity index (χ3n) is 3.79. The molecule has 26 heavy (non-hydrogen) atoms. The number of hydrogen-bond acceptors (Lipinski definition) is 4. The predicted octanol–water partition coefficient (Wildman–Crippen LogP) is 3.13. The number of aryl methyl sites for hydroxylation is 2. The van der Waals surface area contributed by atoms with Gasteiger partial charge in [0.1, 0.15) is 0 Å². The fourth-order valence-corrected chi connectivity index (χ4v) is 3.46. The Morgan fingerprint density at radius 3 is 2.46 bits per heavy atom. The molecule has 0 fully saturated rings. The average molecular weight is 397 g/mol. The van der Waals surface area contributed by atoms with Crippen molar-refractivity contribution in [1.82, 2.24) is 4.72 Å². The van der Waals surface area contributed by atoms with Crippen LogP contribution in [0.3, 0.4) is 0 Å². The summed E-state index contributed by atoms with van der Waals surface area (Å²) in [6.07, 6.45) is 0. The number of ether oxygens (including phenoxy) is 1. The lowest BCUT2D eigenvalue weighted by atomic mass is 10.1. The molecule has 2 N–H and O–H groups in total. The first kappa shape index (κ1) is 20.4. The molecule has 2 rings (SSSR count). The summed E-state index contributed by atoms with van der Waals surface area (Å²) in [7, 11) is -2.24. The number of halogens is 1. The third kappa shape index (κ3) is 5.04. The molecule has 0 aromatic heterocycles. The van der Waals surface area contributed by atoms with Crippen molar-refractivity contribution in [3.05, 3.63) is 58.1 Å². The molecular formula is C18H21ClN2O4S. The van der Waals surface area contributed by atoms with Crippen LogP contribution in [0.1, 0.15) is 21.5 Å². The van der Waals surface area contributed by atoms with E-state index in [9.17, 15) is 13.2 Å². The van der Waals surface area contributed by atoms with Gasteiger partial charge in [0.25, 0.3) is 5.91 Å². The van der Waals surface area contributed by atoms with Gasteiger partial charge in [-0.25, -0.2) is 13.1 Å². The molecule has 0 spiro atoms. The molecule has 0 aliphatic carbocycles. The number of nitrogens with one attached hydrogen (secondary N) is 2. The normalized spacial score (nSPS) is 11.4. The van der Waals surface area contributed by atoms with Gasteiger partial charge in [-0.05, 0) is 49.2 Å². The Morgan fingerprint density at radius 1 is 1.12 bits per heavy atom. The monoisotopic (exact) mass is 396 g/mol. The zero-order valence-electron chi connectivity index (χ0n) is 14.8. The smallest absolute Gasteiger partial charge is 0.255 e. The predicted molar refractivity (Wildman–Crippen MR) is 102 cm³/mol. The summed E-state index contributed by atoms with van der Waals surface area (Å²) in [6, 6.07) is 9.60. The maximum atomic E-state index is 12.6. The third-order valence-corrected chi connectivity index (χ3v) is 5.66. The van der Waals surface area contributed by atoms with Crippen LogP contribution in [0.2, 0.25) is 5.02 Å². The SMILES string of the molecule is COCCNS(=O)(=O)c1ccc(C)c(C(=O)Nc2ccc(C)c(Cl)c2)c1. The topological polar surface area (TPSA) is 84.5 Å². The quantitative estimate of drug-likeness (QED) is 0.704. The highest BCUT2D eigenvalue weighted by molar-refractivity contribution is 7.89. The van der Waals surface area contributed by atoms with Crippen molar-refractivity contribution in [1.29, 1.82) is 0 Å². The van der Waals surface area contributed by atoms with Crippen molar-refractivity contribution in [2.45, 2.75) is 18.7 Å². The van der Waals surface area contributed by atoms with Crippen LogP contribution in [-0.2, 0) is 14.8 Å². The van der Waals surface area contributed by atoms with Crippen LogP contribution in [0, 0.1) is 13.8 Å². The summed E-state index contributed by atoms with van der Waals surface area (Å²) in [5.74, 6) is -0.406. The molecule has 2 aromatic rings. The summed E-state index contributed by atoms with van der Waals surface area (Å²) in [4.78, 5) is 12.6. The Balaban J connectivity index is 2.25. The summed E-state index contributed by atoms with van der Waals surface area (Å²) in [5.41, 5.74) is 2.38. The molecule has 0 saturated carbocycles. The maximum absolute atomic E-state index is 12.6. The molecule has 1 amide bonds. The second kappa shape index (κ2) is 8.64. The largest absolute Gasteiger partial charge is 0.383 e. The lowest BCUT2D eigenvalue weighted by Crippen LogP contribution is -2.27. The highest BCUT2D eigenvalue weighted by Crippen LogP contribution is 2.22. The molecule has 0 unspecified atom stereocenters. The first-order chi connectivity index (χ1) is 12.2. The molecule has 140 valence electrons. The van der Waals surface area contributed by atoms with Crippen LogP contribution in [0.25, 0.3) is 0 Å². The van der Waals surface area contributed by atoms with E-state index in [0.717, 1.165) is 5.56 Å². The van der Waals surface area contributed by atoms with E-state index in [-0.39, 0.29) is 23.6 Å². The number of sulfonamides is 1. The highest BCUT2D eigenvalue weighted by atomic mass is 35.5. The molecule has 0 heterocycles. The second-order valence-electron chi connectivity index (χ2n) is 5.79. The number of carbonyl (C=O) groups excluding carboxylic acids is 1. The van der Waals surface area contributed by atoms with Gasteiger partial charge < -0.3 is 10.1 Å². The number of carbonyl (C=O) groups is 1. The molecule has 8 heteroatoms. The van der Waals surface area contributed by atoms with Gasteiger partial charge in [0.2, 0.25) is 10.0 Å². The number of rotatable bonds is 7. The first-order valence-electron chi connectivity index (χ1n) is 7.91. The molecule has 0 saturated heterocycles. The van der Waals surface area contributed by atoms with Gasteiger partial charge >= 0.3 is 0 Å². The maximum Gasteiger partial charge on any atom is 0.255 e. The van der Waals surface area contributed by atoms with E-state index in [2.05, 4.69) is 10.0 Å². The zero-order chi connectivity index (χ0) is 19.3. The van der Waals surface area contributed by atoms with Crippen molar-refractivity contribution in [2.24, 2.45) is 0 Å². The first-order valence-corrected chi connectivity index (χ1v) is 9.77. The van der Waals surface area contributed by atoms with Crippen molar-refractivity contribution in [2.75, 3.05) is 25.6 Å². The van der Waals surface area contributed by atoms with E-state index in [4.69, 9.17) is 16.3 Å². The Kier molecular flexibility index (Phi) is 6.77. The van der Waals surface area contributed by atoms with Crippen molar-refractivity contribution in [3.8, 4) is 0 Å².